The molecular weight excluding hydrogens is 242 g/mol. The van der Waals surface area contributed by atoms with E-state index < -0.39 is 0 Å². The summed E-state index contributed by atoms with van der Waals surface area (Å²) >= 11 is 0. The Bertz CT molecular complexity index is 449. The van der Waals surface area contributed by atoms with Gasteiger partial charge in [0, 0.05) is 6.04 Å². The molecule has 0 spiro atoms. The third-order valence-corrected chi connectivity index (χ3v) is 5.32. The molecule has 0 amide bonds. The van der Waals surface area contributed by atoms with Crippen LogP contribution in [0.15, 0.2) is 12.1 Å². The average molecular weight is 273 g/mol. The number of aryl methyl sites for hydroxylation is 3. The molecule has 1 heteroatoms. The summed E-state index contributed by atoms with van der Waals surface area (Å²) in [6.45, 7) is 12.6. The van der Waals surface area contributed by atoms with Crippen molar-refractivity contribution < 1.29 is 0 Å². The fraction of sp³-hybridized carbons (Fsp3) is 0.684. The van der Waals surface area contributed by atoms with Crippen LogP contribution >= 0.6 is 0 Å². The van der Waals surface area contributed by atoms with E-state index >= 15 is 0 Å². The Labute approximate surface area is 125 Å². The van der Waals surface area contributed by atoms with Crippen molar-refractivity contribution in [1.29, 1.82) is 0 Å². The molecule has 0 saturated heterocycles. The molecule has 3 atom stereocenters. The molecule has 0 aromatic heterocycles. The van der Waals surface area contributed by atoms with Gasteiger partial charge in [0.15, 0.2) is 0 Å². The molecule has 1 aromatic carbocycles. The zero-order chi connectivity index (χ0) is 14.7. The first-order chi connectivity index (χ1) is 9.49. The summed E-state index contributed by atoms with van der Waals surface area (Å²) in [4.78, 5) is 0. The highest BCUT2D eigenvalue weighted by atomic mass is 14.9. The van der Waals surface area contributed by atoms with E-state index in [2.05, 4.69) is 52.1 Å². The van der Waals surface area contributed by atoms with Gasteiger partial charge in [0.05, 0.1) is 0 Å². The molecule has 0 bridgehead atoms. The predicted molar refractivity (Wildman–Crippen MR) is 88.2 cm³/mol. The molecule has 1 saturated carbocycles. The van der Waals surface area contributed by atoms with E-state index in [9.17, 15) is 0 Å². The van der Waals surface area contributed by atoms with E-state index in [4.69, 9.17) is 0 Å². The third-order valence-electron chi connectivity index (χ3n) is 5.32. The molecule has 1 aromatic rings. The van der Waals surface area contributed by atoms with Crippen molar-refractivity contribution in [2.24, 2.45) is 11.8 Å². The molecular formula is C19H31N. The third kappa shape index (κ3) is 3.63. The highest BCUT2D eigenvalue weighted by molar-refractivity contribution is 5.38. The van der Waals surface area contributed by atoms with Crippen molar-refractivity contribution in [2.75, 3.05) is 6.54 Å². The van der Waals surface area contributed by atoms with Gasteiger partial charge in [-0.05, 0) is 74.8 Å². The van der Waals surface area contributed by atoms with Crippen LogP contribution in [0.1, 0.15) is 67.8 Å². The fourth-order valence-corrected chi connectivity index (χ4v) is 3.58. The first-order valence-corrected chi connectivity index (χ1v) is 8.30. The number of hydrogen-bond acceptors (Lipinski definition) is 1. The predicted octanol–water partition coefficient (Wildman–Crippen LogP) is 5.09. The summed E-state index contributed by atoms with van der Waals surface area (Å²) in [5, 5.41) is 3.79. The molecule has 2 rings (SSSR count). The summed E-state index contributed by atoms with van der Waals surface area (Å²) in [5.41, 5.74) is 5.70. The Hall–Kier alpha value is -0.820. The van der Waals surface area contributed by atoms with E-state index in [-0.39, 0.29) is 0 Å². The number of hydrogen-bond donors (Lipinski definition) is 1. The highest BCUT2D eigenvalue weighted by Crippen LogP contribution is 2.30. The van der Waals surface area contributed by atoms with Gasteiger partial charge in [-0.25, -0.2) is 0 Å². The van der Waals surface area contributed by atoms with Gasteiger partial charge in [-0.2, -0.15) is 0 Å². The quantitative estimate of drug-likeness (QED) is 0.806. The maximum absolute atomic E-state index is 3.79. The number of benzene rings is 1. The zero-order valence-corrected chi connectivity index (χ0v) is 13.9. The van der Waals surface area contributed by atoms with Gasteiger partial charge in [0.25, 0.3) is 0 Å². The second-order valence-corrected chi connectivity index (χ2v) is 6.94. The van der Waals surface area contributed by atoms with Gasteiger partial charge in [0.2, 0.25) is 0 Å². The molecule has 0 radical (unpaired) electrons. The molecule has 1 aliphatic rings. The minimum absolute atomic E-state index is 0.462. The molecule has 0 aliphatic heterocycles. The normalized spacial score (nSPS) is 24.6. The van der Waals surface area contributed by atoms with Crippen molar-refractivity contribution in [3.63, 3.8) is 0 Å². The lowest BCUT2D eigenvalue weighted by Gasteiger charge is -2.30. The van der Waals surface area contributed by atoms with Gasteiger partial charge in [-0.1, -0.05) is 38.3 Å². The summed E-state index contributed by atoms with van der Waals surface area (Å²) in [7, 11) is 0. The first-order valence-electron chi connectivity index (χ1n) is 8.30. The maximum atomic E-state index is 3.79. The van der Waals surface area contributed by atoms with E-state index in [0.29, 0.717) is 6.04 Å². The zero-order valence-electron chi connectivity index (χ0n) is 13.9. The van der Waals surface area contributed by atoms with Crippen molar-refractivity contribution in [3.8, 4) is 0 Å². The standard InChI is InChI=1S/C19H31N/c1-13-8-6-7-9-18(13)12-20-17(5)19-11-15(3)14(2)10-16(19)4/h10-11,13,17-18,20H,6-9,12H2,1-5H3. The molecule has 112 valence electrons. The fourth-order valence-electron chi connectivity index (χ4n) is 3.58. The molecule has 1 nitrogen and oxygen atoms in total. The van der Waals surface area contributed by atoms with Crippen LogP contribution in [0.5, 0.6) is 0 Å². The second-order valence-electron chi connectivity index (χ2n) is 6.94. The lowest BCUT2D eigenvalue weighted by atomic mass is 9.80. The SMILES string of the molecule is Cc1cc(C)c(C(C)NCC2CCCCC2C)cc1C. The van der Waals surface area contributed by atoms with Gasteiger partial charge in [-0.15, -0.1) is 0 Å². The summed E-state index contributed by atoms with van der Waals surface area (Å²) < 4.78 is 0. The van der Waals surface area contributed by atoms with Crippen LogP contribution in [0.3, 0.4) is 0 Å². The lowest BCUT2D eigenvalue weighted by molar-refractivity contribution is 0.242. The van der Waals surface area contributed by atoms with Gasteiger partial charge < -0.3 is 5.32 Å². The minimum atomic E-state index is 0.462. The summed E-state index contributed by atoms with van der Waals surface area (Å²) in [5.74, 6) is 1.77. The molecule has 20 heavy (non-hydrogen) atoms. The van der Waals surface area contributed by atoms with Crippen LogP contribution < -0.4 is 5.32 Å². The maximum Gasteiger partial charge on any atom is 0.0294 e. The van der Waals surface area contributed by atoms with E-state index in [0.717, 1.165) is 11.8 Å². The summed E-state index contributed by atoms with van der Waals surface area (Å²) in [6, 6.07) is 5.15. The monoisotopic (exact) mass is 273 g/mol. The molecule has 1 aliphatic carbocycles. The van der Waals surface area contributed by atoms with Crippen molar-refractivity contribution >= 4 is 0 Å². The molecule has 0 heterocycles. The van der Waals surface area contributed by atoms with Gasteiger partial charge >= 0.3 is 0 Å². The van der Waals surface area contributed by atoms with Crippen LogP contribution in [-0.2, 0) is 0 Å². The van der Waals surface area contributed by atoms with Crippen molar-refractivity contribution in [2.45, 2.75) is 66.3 Å². The minimum Gasteiger partial charge on any atom is -0.310 e. The molecule has 3 unspecified atom stereocenters. The van der Waals surface area contributed by atoms with Crippen molar-refractivity contribution in [3.05, 3.63) is 34.4 Å². The first kappa shape index (κ1) is 15.6. The van der Waals surface area contributed by atoms with Crippen LogP contribution in [0, 0.1) is 32.6 Å². The van der Waals surface area contributed by atoms with E-state index in [1.807, 2.05) is 0 Å². The van der Waals surface area contributed by atoms with Gasteiger partial charge in [-0.3, -0.25) is 0 Å². The average Bonchev–Trinajstić information content (AvgIpc) is 2.41. The second kappa shape index (κ2) is 6.76. The number of rotatable bonds is 4. The molecule has 1 fully saturated rings. The van der Waals surface area contributed by atoms with Crippen molar-refractivity contribution in [1.82, 2.24) is 5.32 Å². The van der Waals surface area contributed by atoms with E-state index in [1.54, 1.807) is 0 Å². The number of nitrogens with one attached hydrogen (secondary N) is 1. The van der Waals surface area contributed by atoms with Crippen LogP contribution in [0.4, 0.5) is 0 Å². The highest BCUT2D eigenvalue weighted by Gasteiger charge is 2.21. The van der Waals surface area contributed by atoms with Crippen LogP contribution in [-0.4, -0.2) is 6.54 Å². The lowest BCUT2D eigenvalue weighted by Crippen LogP contribution is -2.31. The Balaban J connectivity index is 1.97. The van der Waals surface area contributed by atoms with Crippen LogP contribution in [0.2, 0.25) is 0 Å². The van der Waals surface area contributed by atoms with Crippen LogP contribution in [0.25, 0.3) is 0 Å². The Morgan fingerprint density at radius 3 is 2.40 bits per heavy atom. The van der Waals surface area contributed by atoms with E-state index in [1.165, 1.54) is 54.5 Å². The molecule has 1 N–H and O–H groups in total. The largest absolute Gasteiger partial charge is 0.310 e. The Morgan fingerprint density at radius 2 is 1.70 bits per heavy atom. The van der Waals surface area contributed by atoms with Gasteiger partial charge in [0.1, 0.15) is 0 Å². The summed E-state index contributed by atoms with van der Waals surface area (Å²) in [6.07, 6.45) is 5.69. The Morgan fingerprint density at radius 1 is 1.05 bits per heavy atom. The Kier molecular flexibility index (Phi) is 5.26. The topological polar surface area (TPSA) is 12.0 Å². The smallest absolute Gasteiger partial charge is 0.0294 e.